The molecule has 5 aromatic rings. The van der Waals surface area contributed by atoms with Gasteiger partial charge in [0, 0.05) is 29.3 Å². The summed E-state index contributed by atoms with van der Waals surface area (Å²) in [4.78, 5) is 3.36. The fourth-order valence-electron chi connectivity index (χ4n) is 4.40. The van der Waals surface area contributed by atoms with Crippen molar-refractivity contribution in [1.82, 2.24) is 40.0 Å². The van der Waals surface area contributed by atoms with Crippen LogP contribution in [0.5, 0.6) is 0 Å². The highest BCUT2D eigenvalue weighted by Crippen LogP contribution is 2.37. The molecule has 1 N–H and O–H groups in total. The Kier molecular flexibility index (Phi) is 5.60. The first-order chi connectivity index (χ1) is 16.8. The van der Waals surface area contributed by atoms with Gasteiger partial charge < -0.3 is 9.72 Å². The van der Waals surface area contributed by atoms with Gasteiger partial charge in [-0.2, -0.15) is 4.68 Å². The van der Waals surface area contributed by atoms with Gasteiger partial charge in [0.2, 0.25) is 0 Å². The quantitative estimate of drug-likeness (QED) is 0.350. The number of hydrogen-bond donors (Lipinski definition) is 1. The van der Waals surface area contributed by atoms with Crippen LogP contribution in [0.25, 0.3) is 28.0 Å². The second-order valence-corrected chi connectivity index (χ2v) is 9.65. The van der Waals surface area contributed by atoms with Crippen LogP contribution in [0, 0.1) is 0 Å². The van der Waals surface area contributed by atoms with E-state index in [1.54, 1.807) is 16.4 Å². The van der Waals surface area contributed by atoms with Crippen LogP contribution in [-0.4, -0.2) is 52.7 Å². The zero-order valence-corrected chi connectivity index (χ0v) is 19.5. The third-order valence-corrected chi connectivity index (χ3v) is 7.17. The number of tetrazole rings is 1. The maximum atomic E-state index is 5.97. The molecular weight excluding hydrogens is 448 g/mol. The molecule has 0 amide bonds. The highest BCUT2D eigenvalue weighted by Gasteiger charge is 2.26. The smallest absolute Gasteiger partial charge is 0.192 e. The molecule has 0 saturated carbocycles. The van der Waals surface area contributed by atoms with Crippen LogP contribution in [0.2, 0.25) is 0 Å². The molecule has 3 aromatic heterocycles. The fourth-order valence-corrected chi connectivity index (χ4v) is 5.34. The van der Waals surface area contributed by atoms with E-state index >= 15 is 0 Å². The normalized spacial score (nSPS) is 16.9. The standard InChI is InChI=1S/C24H24N8OS/c1-16(22-27-29-30-32(22)17-8-3-2-4-9-17)34-24-28-26-23(31(24)15-18-10-7-13-33-18)20-14-25-21-12-6-5-11-19(20)21/h2-6,8-9,11-12,14,16,18,25H,7,10,13,15H2,1H3. The second-order valence-electron chi connectivity index (χ2n) is 8.34. The van der Waals surface area contributed by atoms with Crippen molar-refractivity contribution in [3.8, 4) is 17.1 Å². The number of ether oxygens (including phenoxy) is 1. The zero-order valence-electron chi connectivity index (χ0n) is 18.7. The van der Waals surface area contributed by atoms with Crippen LogP contribution in [-0.2, 0) is 11.3 Å². The van der Waals surface area contributed by atoms with E-state index in [0.29, 0.717) is 6.54 Å². The van der Waals surface area contributed by atoms with E-state index < -0.39 is 0 Å². The Morgan fingerprint density at radius 2 is 1.94 bits per heavy atom. The predicted molar refractivity (Wildman–Crippen MR) is 130 cm³/mol. The average Bonchev–Trinajstić information content (AvgIpc) is 3.67. The summed E-state index contributed by atoms with van der Waals surface area (Å²) in [5, 5.41) is 23.6. The number of hydrogen-bond acceptors (Lipinski definition) is 7. The Morgan fingerprint density at radius 1 is 1.09 bits per heavy atom. The summed E-state index contributed by atoms with van der Waals surface area (Å²) in [6, 6.07) is 18.2. The van der Waals surface area contributed by atoms with Crippen LogP contribution in [0.4, 0.5) is 0 Å². The van der Waals surface area contributed by atoms with Gasteiger partial charge in [0.15, 0.2) is 16.8 Å². The van der Waals surface area contributed by atoms with E-state index in [1.807, 2.05) is 48.7 Å². The topological polar surface area (TPSA) is 99.3 Å². The molecule has 0 spiro atoms. The van der Waals surface area contributed by atoms with Gasteiger partial charge in [-0.15, -0.1) is 15.3 Å². The maximum Gasteiger partial charge on any atom is 0.192 e. The molecule has 172 valence electrons. The van der Waals surface area contributed by atoms with Crippen LogP contribution >= 0.6 is 11.8 Å². The fraction of sp³-hybridized carbons (Fsp3) is 0.292. The molecule has 1 aliphatic rings. The van der Waals surface area contributed by atoms with Crippen molar-refractivity contribution in [2.24, 2.45) is 0 Å². The van der Waals surface area contributed by atoms with Crippen molar-refractivity contribution in [2.75, 3.05) is 6.61 Å². The van der Waals surface area contributed by atoms with Gasteiger partial charge in [-0.3, -0.25) is 4.57 Å². The van der Waals surface area contributed by atoms with Crippen molar-refractivity contribution >= 4 is 22.7 Å². The zero-order chi connectivity index (χ0) is 22.9. The number of benzene rings is 2. The van der Waals surface area contributed by atoms with Gasteiger partial charge in [0.05, 0.1) is 23.6 Å². The molecule has 4 heterocycles. The van der Waals surface area contributed by atoms with E-state index in [4.69, 9.17) is 4.74 Å². The number of nitrogens with one attached hydrogen (secondary N) is 1. The minimum atomic E-state index is -0.0431. The van der Waals surface area contributed by atoms with Crippen molar-refractivity contribution in [3.05, 3.63) is 66.6 Å². The lowest BCUT2D eigenvalue weighted by molar-refractivity contribution is 0.0953. The van der Waals surface area contributed by atoms with Crippen LogP contribution in [0.3, 0.4) is 0 Å². The van der Waals surface area contributed by atoms with Gasteiger partial charge >= 0.3 is 0 Å². The van der Waals surface area contributed by atoms with Crippen molar-refractivity contribution in [3.63, 3.8) is 0 Å². The minimum Gasteiger partial charge on any atom is -0.376 e. The average molecular weight is 473 g/mol. The highest BCUT2D eigenvalue weighted by atomic mass is 32.2. The lowest BCUT2D eigenvalue weighted by Gasteiger charge is -2.16. The summed E-state index contributed by atoms with van der Waals surface area (Å²) >= 11 is 1.60. The Balaban J connectivity index is 1.36. The molecular formula is C24H24N8OS. The molecule has 0 radical (unpaired) electrons. The van der Waals surface area contributed by atoms with Crippen molar-refractivity contribution < 1.29 is 4.74 Å². The molecule has 2 aromatic carbocycles. The molecule has 34 heavy (non-hydrogen) atoms. The number of para-hydroxylation sites is 2. The summed E-state index contributed by atoms with van der Waals surface area (Å²) in [5.74, 6) is 1.60. The van der Waals surface area contributed by atoms with E-state index in [-0.39, 0.29) is 11.4 Å². The summed E-state index contributed by atoms with van der Waals surface area (Å²) in [7, 11) is 0. The summed E-state index contributed by atoms with van der Waals surface area (Å²) in [5.41, 5.74) is 3.04. The third kappa shape index (κ3) is 3.88. The number of rotatable bonds is 7. The summed E-state index contributed by atoms with van der Waals surface area (Å²) in [6.45, 7) is 3.60. The largest absolute Gasteiger partial charge is 0.376 e. The van der Waals surface area contributed by atoms with E-state index in [1.165, 1.54) is 0 Å². The number of nitrogens with zero attached hydrogens (tertiary/aromatic N) is 7. The van der Waals surface area contributed by atoms with E-state index in [0.717, 1.165) is 58.4 Å². The Morgan fingerprint density at radius 3 is 2.79 bits per heavy atom. The third-order valence-electron chi connectivity index (χ3n) is 6.10. The molecule has 9 nitrogen and oxygen atoms in total. The number of H-pyrrole nitrogens is 1. The molecule has 6 rings (SSSR count). The number of fused-ring (bicyclic) bond motifs is 1. The lowest BCUT2D eigenvalue weighted by atomic mass is 10.1. The number of aromatic amines is 1. The predicted octanol–water partition coefficient (Wildman–Crippen LogP) is 4.43. The van der Waals surface area contributed by atoms with Gasteiger partial charge in [-0.05, 0) is 48.4 Å². The Hall–Kier alpha value is -3.50. The van der Waals surface area contributed by atoms with E-state index in [2.05, 4.69) is 54.3 Å². The molecule has 1 saturated heterocycles. The SMILES string of the molecule is CC(Sc1nnc(-c2c[nH]c3ccccc23)n1CC1CCCO1)c1nnnn1-c1ccccc1. The summed E-state index contributed by atoms with van der Waals surface area (Å²) in [6.07, 6.45) is 4.29. The van der Waals surface area contributed by atoms with E-state index in [9.17, 15) is 0 Å². The number of aromatic nitrogens is 8. The summed E-state index contributed by atoms with van der Waals surface area (Å²) < 4.78 is 9.93. The second kappa shape index (κ2) is 9.03. The maximum absolute atomic E-state index is 5.97. The van der Waals surface area contributed by atoms with Crippen LogP contribution in [0.15, 0.2) is 66.0 Å². The molecule has 0 aliphatic carbocycles. The molecule has 0 bridgehead atoms. The molecule has 2 atom stereocenters. The highest BCUT2D eigenvalue weighted by molar-refractivity contribution is 7.99. The monoisotopic (exact) mass is 472 g/mol. The first-order valence-electron chi connectivity index (χ1n) is 11.4. The van der Waals surface area contributed by atoms with Gasteiger partial charge in [-0.25, -0.2) is 0 Å². The van der Waals surface area contributed by atoms with Crippen molar-refractivity contribution in [1.29, 1.82) is 0 Å². The Bertz CT molecular complexity index is 1400. The molecule has 1 aliphatic heterocycles. The van der Waals surface area contributed by atoms with Crippen LogP contribution in [0.1, 0.15) is 30.8 Å². The van der Waals surface area contributed by atoms with Crippen LogP contribution < -0.4 is 0 Å². The molecule has 2 unspecified atom stereocenters. The first kappa shape index (κ1) is 21.1. The number of thioether (sulfide) groups is 1. The van der Waals surface area contributed by atoms with Gasteiger partial charge in [-0.1, -0.05) is 48.2 Å². The van der Waals surface area contributed by atoms with Gasteiger partial charge in [0.25, 0.3) is 0 Å². The van der Waals surface area contributed by atoms with Crippen molar-refractivity contribution in [2.45, 2.75) is 42.8 Å². The Labute approximate surface area is 200 Å². The van der Waals surface area contributed by atoms with Gasteiger partial charge in [0.1, 0.15) is 0 Å². The lowest BCUT2D eigenvalue weighted by Crippen LogP contribution is -2.17. The first-order valence-corrected chi connectivity index (χ1v) is 12.3. The molecule has 10 heteroatoms. The molecule has 1 fully saturated rings. The minimum absolute atomic E-state index is 0.0431.